The van der Waals surface area contributed by atoms with Gasteiger partial charge in [0.2, 0.25) is 5.90 Å². The van der Waals surface area contributed by atoms with Crippen molar-refractivity contribution in [2.45, 2.75) is 70.9 Å². The largest absolute Gasteiger partial charge is 0.481 e. The summed E-state index contributed by atoms with van der Waals surface area (Å²) in [7, 11) is 3.27. The van der Waals surface area contributed by atoms with Gasteiger partial charge in [-0.3, -0.25) is 4.79 Å². The van der Waals surface area contributed by atoms with Gasteiger partial charge in [-0.25, -0.2) is 9.79 Å². The molecular formula is C31H40ClN3O5. The number of halogens is 1. The average molecular weight is 570 g/mol. The van der Waals surface area contributed by atoms with E-state index in [0.717, 1.165) is 16.7 Å². The van der Waals surface area contributed by atoms with Crippen molar-refractivity contribution < 1.29 is 23.8 Å². The number of nitrogens with zero attached hydrogens (tertiary/aromatic N) is 2. The minimum atomic E-state index is -0.679. The molecule has 3 rings (SSSR count). The molecular weight excluding hydrogens is 530 g/mol. The van der Waals surface area contributed by atoms with Crippen LogP contribution in [0.1, 0.15) is 56.2 Å². The highest BCUT2D eigenvalue weighted by Gasteiger charge is 2.35. The number of ether oxygens (including phenoxy) is 3. The SMILES string of the molecule is C=C(CC(=O)CCC(C[C@@H]1COC(C)(C)O1)N(C)C(=O)NCc1cccc(C)c1Cl)N=C(OC)c1ccccc1. The molecule has 1 heterocycles. The molecule has 2 aromatic rings. The lowest BCUT2D eigenvalue weighted by Gasteiger charge is -2.30. The van der Waals surface area contributed by atoms with E-state index in [1.165, 1.54) is 7.11 Å². The smallest absolute Gasteiger partial charge is 0.317 e. The number of aryl methyl sites for hydroxylation is 1. The molecule has 0 aliphatic carbocycles. The molecule has 2 atom stereocenters. The second-order valence-electron chi connectivity index (χ2n) is 10.5. The van der Waals surface area contributed by atoms with E-state index in [2.05, 4.69) is 16.9 Å². The number of hydrogen-bond acceptors (Lipinski definition) is 6. The highest BCUT2D eigenvalue weighted by Crippen LogP contribution is 2.27. The van der Waals surface area contributed by atoms with Crippen molar-refractivity contribution in [3.8, 4) is 0 Å². The molecule has 216 valence electrons. The summed E-state index contributed by atoms with van der Waals surface area (Å²) in [6, 6.07) is 14.7. The van der Waals surface area contributed by atoms with Crippen LogP contribution in [0.2, 0.25) is 5.02 Å². The number of carbonyl (C=O) groups is 2. The summed E-state index contributed by atoms with van der Waals surface area (Å²) < 4.78 is 17.1. The Morgan fingerprint density at radius 3 is 2.60 bits per heavy atom. The van der Waals surface area contributed by atoms with Gasteiger partial charge in [-0.05, 0) is 56.9 Å². The summed E-state index contributed by atoms with van der Waals surface area (Å²) in [6.07, 6.45) is 1.15. The maximum absolute atomic E-state index is 13.1. The molecule has 1 N–H and O–H groups in total. The maximum atomic E-state index is 13.1. The zero-order chi connectivity index (χ0) is 29.3. The number of amides is 2. The van der Waals surface area contributed by atoms with Crippen molar-refractivity contribution in [3.63, 3.8) is 0 Å². The number of nitrogens with one attached hydrogen (secondary N) is 1. The zero-order valence-corrected chi connectivity index (χ0v) is 24.8. The van der Waals surface area contributed by atoms with Crippen LogP contribution in [-0.4, -0.2) is 61.3 Å². The standard InChI is InChI=1S/C31H40ClN3O5/c1-21-11-10-14-24(28(21)32)19-33-30(37)35(5)25(18-27-20-39-31(3,4)40-27)15-16-26(36)17-22(2)34-29(38-6)23-12-8-7-9-13-23/h7-14,25,27H,2,15-20H2,1,3-6H3,(H,33,37)/t25?,27-/m1/s1. The normalized spacial score (nSPS) is 17.2. The lowest BCUT2D eigenvalue weighted by molar-refractivity contribution is -0.140. The van der Waals surface area contributed by atoms with Crippen LogP contribution in [0.15, 0.2) is 65.8 Å². The molecule has 0 aromatic heterocycles. The Hall–Kier alpha value is -3.20. The first-order valence-corrected chi connectivity index (χ1v) is 13.8. The number of aliphatic imine (C=N–C) groups is 1. The molecule has 2 aromatic carbocycles. The maximum Gasteiger partial charge on any atom is 0.317 e. The van der Waals surface area contributed by atoms with Crippen molar-refractivity contribution in [1.29, 1.82) is 0 Å². The van der Waals surface area contributed by atoms with Crippen LogP contribution < -0.4 is 5.32 Å². The fourth-order valence-electron chi connectivity index (χ4n) is 4.59. The van der Waals surface area contributed by atoms with Crippen LogP contribution in [-0.2, 0) is 25.5 Å². The minimum absolute atomic E-state index is 0.0217. The fraction of sp³-hybridized carbons (Fsp3) is 0.452. The van der Waals surface area contributed by atoms with E-state index in [1.807, 2.05) is 69.3 Å². The Bertz CT molecular complexity index is 1210. The highest BCUT2D eigenvalue weighted by molar-refractivity contribution is 6.32. The first-order valence-electron chi connectivity index (χ1n) is 13.4. The molecule has 1 unspecified atom stereocenters. The second-order valence-corrected chi connectivity index (χ2v) is 10.8. The number of carbonyl (C=O) groups excluding carboxylic acids is 2. The quantitative estimate of drug-likeness (QED) is 0.248. The van der Waals surface area contributed by atoms with Gasteiger partial charge < -0.3 is 24.4 Å². The summed E-state index contributed by atoms with van der Waals surface area (Å²) in [5, 5.41) is 3.59. The van der Waals surface area contributed by atoms with Gasteiger partial charge >= 0.3 is 6.03 Å². The van der Waals surface area contributed by atoms with Gasteiger partial charge in [-0.2, -0.15) is 0 Å². The molecule has 1 fully saturated rings. The summed E-state index contributed by atoms with van der Waals surface area (Å²) in [5.74, 6) is -0.296. The molecule has 1 aliphatic rings. The Morgan fingerprint density at radius 1 is 1.23 bits per heavy atom. The lowest BCUT2D eigenvalue weighted by Crippen LogP contribution is -2.45. The minimum Gasteiger partial charge on any atom is -0.481 e. The van der Waals surface area contributed by atoms with Gasteiger partial charge in [0.1, 0.15) is 5.78 Å². The van der Waals surface area contributed by atoms with Crippen molar-refractivity contribution >= 4 is 29.3 Å². The molecule has 8 nitrogen and oxygen atoms in total. The van der Waals surface area contributed by atoms with Gasteiger partial charge in [0.25, 0.3) is 0 Å². The Kier molecular flexibility index (Phi) is 11.3. The molecule has 1 saturated heterocycles. The highest BCUT2D eigenvalue weighted by atomic mass is 35.5. The number of methoxy groups -OCH3 is 1. The monoisotopic (exact) mass is 569 g/mol. The van der Waals surface area contributed by atoms with Crippen LogP contribution >= 0.6 is 11.6 Å². The van der Waals surface area contributed by atoms with Crippen molar-refractivity contribution in [2.24, 2.45) is 4.99 Å². The third-order valence-electron chi connectivity index (χ3n) is 6.80. The fourth-order valence-corrected chi connectivity index (χ4v) is 4.79. The molecule has 0 saturated carbocycles. The van der Waals surface area contributed by atoms with E-state index >= 15 is 0 Å². The Morgan fingerprint density at radius 2 is 1.95 bits per heavy atom. The first kappa shape index (κ1) is 31.3. The number of Topliss-reactive ketones (excluding diaryl/α,β-unsaturated/α-hetero) is 1. The summed E-state index contributed by atoms with van der Waals surface area (Å²) in [5.41, 5.74) is 3.01. The number of ketones is 1. The average Bonchev–Trinajstić information content (AvgIpc) is 3.28. The topological polar surface area (TPSA) is 89.5 Å². The van der Waals surface area contributed by atoms with Gasteiger partial charge in [0.05, 0.1) is 19.8 Å². The van der Waals surface area contributed by atoms with E-state index < -0.39 is 5.79 Å². The number of allylic oxidation sites excluding steroid dienone is 1. The van der Waals surface area contributed by atoms with Crippen LogP contribution in [0, 0.1) is 6.92 Å². The number of benzene rings is 2. The predicted molar refractivity (Wildman–Crippen MR) is 157 cm³/mol. The van der Waals surface area contributed by atoms with E-state index in [4.69, 9.17) is 25.8 Å². The molecule has 0 bridgehead atoms. The number of urea groups is 1. The van der Waals surface area contributed by atoms with E-state index in [9.17, 15) is 9.59 Å². The van der Waals surface area contributed by atoms with Crippen molar-refractivity contribution in [1.82, 2.24) is 10.2 Å². The zero-order valence-electron chi connectivity index (χ0n) is 24.0. The Balaban J connectivity index is 1.62. The summed E-state index contributed by atoms with van der Waals surface area (Å²) in [6.45, 7) is 10.3. The summed E-state index contributed by atoms with van der Waals surface area (Å²) in [4.78, 5) is 32.1. The van der Waals surface area contributed by atoms with Gasteiger partial charge in [-0.1, -0.05) is 54.6 Å². The molecule has 1 aliphatic heterocycles. The molecule has 0 spiro atoms. The lowest BCUT2D eigenvalue weighted by atomic mass is 10.00. The van der Waals surface area contributed by atoms with Crippen molar-refractivity contribution in [2.75, 3.05) is 20.8 Å². The Labute approximate surface area is 242 Å². The predicted octanol–water partition coefficient (Wildman–Crippen LogP) is 6.05. The van der Waals surface area contributed by atoms with E-state index in [1.54, 1.807) is 11.9 Å². The number of rotatable bonds is 12. The second kappa shape index (κ2) is 14.4. The molecule has 0 radical (unpaired) electrons. The number of hydrogen-bond donors (Lipinski definition) is 1. The van der Waals surface area contributed by atoms with Crippen LogP contribution in [0.3, 0.4) is 0 Å². The molecule has 40 heavy (non-hydrogen) atoms. The van der Waals surface area contributed by atoms with Crippen LogP contribution in [0.25, 0.3) is 0 Å². The van der Waals surface area contributed by atoms with Gasteiger partial charge in [-0.15, -0.1) is 0 Å². The van der Waals surface area contributed by atoms with E-state index in [-0.39, 0.29) is 36.8 Å². The first-order chi connectivity index (χ1) is 19.0. The summed E-state index contributed by atoms with van der Waals surface area (Å²) >= 11 is 6.40. The van der Waals surface area contributed by atoms with Crippen molar-refractivity contribution in [3.05, 3.63) is 82.5 Å². The van der Waals surface area contributed by atoms with E-state index in [0.29, 0.717) is 42.6 Å². The van der Waals surface area contributed by atoms with Gasteiger partial charge in [0, 0.05) is 48.8 Å². The van der Waals surface area contributed by atoms with Crippen LogP contribution in [0.5, 0.6) is 0 Å². The third kappa shape index (κ3) is 9.18. The molecule has 2 amide bonds. The third-order valence-corrected chi connectivity index (χ3v) is 7.34. The van der Waals surface area contributed by atoms with Crippen LogP contribution in [0.4, 0.5) is 4.79 Å². The van der Waals surface area contributed by atoms with Gasteiger partial charge in [0.15, 0.2) is 5.79 Å². The molecule has 9 heteroatoms.